The van der Waals surface area contributed by atoms with Gasteiger partial charge in [0.15, 0.2) is 35.4 Å². The molecule has 2 aliphatic heterocycles. The third kappa shape index (κ3) is 5.87. The molecule has 0 bridgehead atoms. The maximum atomic E-state index is 12.0. The molecule has 2 aromatic heterocycles. The summed E-state index contributed by atoms with van der Waals surface area (Å²) < 4.78 is 23.9. The number of benzene rings is 1. The van der Waals surface area contributed by atoms with E-state index in [1.165, 1.54) is 32.7 Å². The molecule has 13 heteroatoms. The Labute approximate surface area is 235 Å². The number of anilines is 1. The van der Waals surface area contributed by atoms with Crippen LogP contribution >= 0.6 is 11.6 Å². The maximum absolute atomic E-state index is 12.0. The molecule has 2 aliphatic rings. The van der Waals surface area contributed by atoms with Gasteiger partial charge in [-0.05, 0) is 35.9 Å². The van der Waals surface area contributed by atoms with Crippen LogP contribution in [0.3, 0.4) is 0 Å². The number of halogens is 1. The van der Waals surface area contributed by atoms with Gasteiger partial charge < -0.3 is 23.8 Å². The Morgan fingerprint density at radius 2 is 1.65 bits per heavy atom. The molecule has 0 saturated carbocycles. The lowest BCUT2D eigenvalue weighted by molar-refractivity contribution is -0.166. The Bertz CT molecular complexity index is 1390. The fourth-order valence-corrected chi connectivity index (χ4v) is 5.51. The fourth-order valence-electron chi connectivity index (χ4n) is 5.35. The van der Waals surface area contributed by atoms with E-state index in [0.717, 1.165) is 25.9 Å². The SMILES string of the molecule is CC(=O)OCC1OC(n2cnc3c(N4CCC(c5ccccc5)CC4)nc(Cl)nc32)C(OC(C)=O)C1OC(C)=O. The molecule has 1 aromatic carbocycles. The van der Waals surface area contributed by atoms with Crippen LogP contribution in [0, 0.1) is 0 Å². The summed E-state index contributed by atoms with van der Waals surface area (Å²) in [6.07, 6.45) is -0.646. The topological polar surface area (TPSA) is 135 Å². The van der Waals surface area contributed by atoms with Crippen LogP contribution in [0.1, 0.15) is 51.3 Å². The largest absolute Gasteiger partial charge is 0.463 e. The van der Waals surface area contributed by atoms with Gasteiger partial charge in [0.05, 0.1) is 6.33 Å². The lowest BCUT2D eigenvalue weighted by atomic mass is 9.89. The Morgan fingerprint density at radius 3 is 2.30 bits per heavy atom. The van der Waals surface area contributed by atoms with Crippen LogP contribution in [-0.2, 0) is 33.3 Å². The summed E-state index contributed by atoms with van der Waals surface area (Å²) in [4.78, 5) is 51.1. The summed E-state index contributed by atoms with van der Waals surface area (Å²) in [5.74, 6) is -0.711. The van der Waals surface area contributed by atoms with Gasteiger partial charge in [-0.3, -0.25) is 19.0 Å². The van der Waals surface area contributed by atoms with Crippen molar-refractivity contribution in [2.24, 2.45) is 0 Å². The summed E-state index contributed by atoms with van der Waals surface area (Å²) >= 11 is 6.39. The van der Waals surface area contributed by atoms with Gasteiger partial charge in [0.1, 0.15) is 12.7 Å². The molecule has 3 aromatic rings. The van der Waals surface area contributed by atoms with Gasteiger partial charge in [-0.25, -0.2) is 4.98 Å². The van der Waals surface area contributed by atoms with Crippen molar-refractivity contribution < 1.29 is 33.3 Å². The molecule has 4 unspecified atom stereocenters. The number of carbonyl (C=O) groups excluding carboxylic acids is 3. The molecule has 4 atom stereocenters. The number of hydrogen-bond acceptors (Lipinski definition) is 11. The van der Waals surface area contributed by atoms with Crippen molar-refractivity contribution in [1.82, 2.24) is 19.5 Å². The molecule has 5 rings (SSSR count). The van der Waals surface area contributed by atoms with Crippen LogP contribution < -0.4 is 4.90 Å². The molecule has 0 N–H and O–H groups in total. The van der Waals surface area contributed by atoms with Gasteiger partial charge >= 0.3 is 17.9 Å². The fraction of sp³-hybridized carbons (Fsp3) is 0.481. The van der Waals surface area contributed by atoms with Gasteiger partial charge in [-0.1, -0.05) is 30.3 Å². The molecule has 2 fully saturated rings. The van der Waals surface area contributed by atoms with Crippen molar-refractivity contribution >= 4 is 46.5 Å². The van der Waals surface area contributed by atoms with Gasteiger partial charge in [-0.2, -0.15) is 9.97 Å². The smallest absolute Gasteiger partial charge is 0.303 e. The Balaban J connectivity index is 1.46. The average Bonchev–Trinajstić information content (AvgIpc) is 3.48. The van der Waals surface area contributed by atoms with Crippen LogP contribution in [0.15, 0.2) is 36.7 Å². The number of aromatic nitrogens is 4. The van der Waals surface area contributed by atoms with E-state index in [-0.39, 0.29) is 11.9 Å². The normalized spacial score (nSPS) is 23.2. The lowest BCUT2D eigenvalue weighted by Gasteiger charge is -2.33. The first-order chi connectivity index (χ1) is 19.2. The monoisotopic (exact) mass is 571 g/mol. The summed E-state index contributed by atoms with van der Waals surface area (Å²) in [6, 6.07) is 10.4. The summed E-state index contributed by atoms with van der Waals surface area (Å²) in [5, 5.41) is 0.0180. The van der Waals surface area contributed by atoms with Crippen molar-refractivity contribution in [2.45, 2.75) is 64.1 Å². The molecule has 2 saturated heterocycles. The van der Waals surface area contributed by atoms with Crippen molar-refractivity contribution in [3.63, 3.8) is 0 Å². The van der Waals surface area contributed by atoms with Crippen molar-refractivity contribution in [3.05, 3.63) is 47.5 Å². The van der Waals surface area contributed by atoms with Crippen LogP contribution in [0.4, 0.5) is 5.82 Å². The summed E-state index contributed by atoms with van der Waals surface area (Å²) in [6.45, 7) is 5.01. The first kappa shape index (κ1) is 27.8. The number of ether oxygens (including phenoxy) is 4. The maximum Gasteiger partial charge on any atom is 0.303 e. The van der Waals surface area contributed by atoms with Crippen LogP contribution in [-0.4, -0.2) is 75.4 Å². The first-order valence-electron chi connectivity index (χ1n) is 13.0. The number of fused-ring (bicyclic) bond motifs is 1. The zero-order valence-electron chi connectivity index (χ0n) is 22.4. The quantitative estimate of drug-likeness (QED) is 0.235. The van der Waals surface area contributed by atoms with Crippen molar-refractivity contribution in [1.29, 1.82) is 0 Å². The minimum Gasteiger partial charge on any atom is -0.463 e. The highest BCUT2D eigenvalue weighted by atomic mass is 35.5. The number of esters is 3. The summed E-state index contributed by atoms with van der Waals surface area (Å²) in [5.41, 5.74) is 2.18. The Morgan fingerprint density at radius 1 is 0.975 bits per heavy atom. The molecule has 4 heterocycles. The number of piperidine rings is 1. The third-order valence-corrected chi connectivity index (χ3v) is 7.22. The average molecular weight is 572 g/mol. The predicted molar refractivity (Wildman–Crippen MR) is 143 cm³/mol. The van der Waals surface area contributed by atoms with Gasteiger partial charge in [-0.15, -0.1) is 0 Å². The number of carbonyl (C=O) groups is 3. The van der Waals surface area contributed by atoms with Crippen molar-refractivity contribution in [2.75, 3.05) is 24.6 Å². The number of nitrogens with zero attached hydrogens (tertiary/aromatic N) is 5. The van der Waals surface area contributed by atoms with Crippen LogP contribution in [0.25, 0.3) is 11.2 Å². The summed E-state index contributed by atoms with van der Waals surface area (Å²) in [7, 11) is 0. The zero-order valence-corrected chi connectivity index (χ0v) is 23.1. The highest BCUT2D eigenvalue weighted by molar-refractivity contribution is 6.28. The van der Waals surface area contributed by atoms with E-state index in [4.69, 9.17) is 30.5 Å². The molecular formula is C27H30ClN5O7. The second kappa shape index (κ2) is 11.8. The minimum atomic E-state index is -1.07. The molecule has 12 nitrogen and oxygen atoms in total. The molecule has 0 aliphatic carbocycles. The number of imidazole rings is 1. The minimum absolute atomic E-state index is 0.0180. The Hall–Kier alpha value is -3.77. The molecular weight excluding hydrogens is 542 g/mol. The number of hydrogen-bond donors (Lipinski definition) is 0. The second-order valence-corrected chi connectivity index (χ2v) is 10.2. The molecule has 0 spiro atoms. The van der Waals surface area contributed by atoms with Gasteiger partial charge in [0.2, 0.25) is 5.28 Å². The van der Waals surface area contributed by atoms with E-state index >= 15 is 0 Å². The molecule has 0 radical (unpaired) electrons. The van der Waals surface area contributed by atoms with E-state index in [9.17, 15) is 14.4 Å². The van der Waals surface area contributed by atoms with E-state index in [2.05, 4.69) is 44.1 Å². The van der Waals surface area contributed by atoms with Crippen LogP contribution in [0.5, 0.6) is 0 Å². The predicted octanol–water partition coefficient (Wildman–Crippen LogP) is 3.19. The van der Waals surface area contributed by atoms with E-state index in [0.29, 0.717) is 22.9 Å². The highest BCUT2D eigenvalue weighted by Gasteiger charge is 2.51. The molecule has 0 amide bonds. The van der Waals surface area contributed by atoms with Gasteiger partial charge in [0.25, 0.3) is 0 Å². The second-order valence-electron chi connectivity index (χ2n) is 9.83. The van der Waals surface area contributed by atoms with E-state index < -0.39 is 42.4 Å². The van der Waals surface area contributed by atoms with Crippen molar-refractivity contribution in [3.8, 4) is 0 Å². The molecule has 40 heavy (non-hydrogen) atoms. The lowest BCUT2D eigenvalue weighted by Crippen LogP contribution is -2.40. The first-order valence-corrected chi connectivity index (χ1v) is 13.4. The Kier molecular flexibility index (Phi) is 8.17. The van der Waals surface area contributed by atoms with Gasteiger partial charge in [0, 0.05) is 33.9 Å². The van der Waals surface area contributed by atoms with E-state index in [1.807, 2.05) is 6.07 Å². The third-order valence-electron chi connectivity index (χ3n) is 7.06. The molecule has 212 valence electrons. The highest BCUT2D eigenvalue weighted by Crippen LogP contribution is 2.38. The van der Waals surface area contributed by atoms with Crippen LogP contribution in [0.2, 0.25) is 5.28 Å². The van der Waals surface area contributed by atoms with E-state index in [1.54, 1.807) is 4.57 Å². The zero-order chi connectivity index (χ0) is 28.4. The standard InChI is InChI=1S/C27H30ClN5O7/c1-15(34)37-13-20-22(38-16(2)35)23(39-17(3)36)26(40-20)33-14-29-21-24(30-27(28)31-25(21)33)32-11-9-19(10-12-32)18-7-5-4-6-8-18/h4-8,14,19-20,22-23,26H,9-13H2,1-3H3. The number of rotatable bonds is 7.